The molecule has 4 nitrogen and oxygen atoms in total. The molecule has 0 saturated carbocycles. The number of likely N-dealkylation sites (N-methyl/N-ethyl adjacent to an activating group) is 1. The van der Waals surface area contributed by atoms with Crippen LogP contribution in [0, 0.1) is 0 Å². The van der Waals surface area contributed by atoms with Crippen LogP contribution in [-0.4, -0.2) is 41.9 Å². The SMILES string of the molecule is CCCC1OC(=O)N(C)C1CO. The second kappa shape index (κ2) is 3.76. The van der Waals surface area contributed by atoms with Gasteiger partial charge < -0.3 is 14.7 Å². The molecule has 1 amide bonds. The molecule has 1 aliphatic heterocycles. The van der Waals surface area contributed by atoms with Crippen molar-refractivity contribution in [2.24, 2.45) is 0 Å². The molecule has 4 heteroatoms. The average molecular weight is 173 g/mol. The van der Waals surface area contributed by atoms with E-state index in [0.717, 1.165) is 12.8 Å². The number of amides is 1. The Morgan fingerprint density at radius 2 is 2.33 bits per heavy atom. The van der Waals surface area contributed by atoms with Gasteiger partial charge in [-0.15, -0.1) is 0 Å². The zero-order valence-corrected chi connectivity index (χ0v) is 7.49. The number of aliphatic hydroxyl groups excluding tert-OH is 1. The molecule has 0 radical (unpaired) electrons. The van der Waals surface area contributed by atoms with Crippen LogP contribution in [0.25, 0.3) is 0 Å². The molecule has 0 aromatic heterocycles. The molecule has 70 valence electrons. The molecule has 1 aliphatic rings. The zero-order chi connectivity index (χ0) is 9.14. The molecule has 0 aromatic rings. The van der Waals surface area contributed by atoms with Gasteiger partial charge in [-0.2, -0.15) is 0 Å². The van der Waals surface area contributed by atoms with Gasteiger partial charge in [0.1, 0.15) is 6.10 Å². The summed E-state index contributed by atoms with van der Waals surface area (Å²) in [4.78, 5) is 12.5. The fourth-order valence-electron chi connectivity index (χ4n) is 1.45. The lowest BCUT2D eigenvalue weighted by atomic mass is 10.1. The normalized spacial score (nSPS) is 29.2. The van der Waals surface area contributed by atoms with E-state index in [0.29, 0.717) is 0 Å². The Bertz CT molecular complexity index is 172. The number of carbonyl (C=O) groups excluding carboxylic acids is 1. The monoisotopic (exact) mass is 173 g/mol. The summed E-state index contributed by atoms with van der Waals surface area (Å²) in [6.07, 6.45) is 1.33. The molecule has 0 spiro atoms. The molecule has 2 unspecified atom stereocenters. The van der Waals surface area contributed by atoms with Crippen LogP contribution in [0.5, 0.6) is 0 Å². The molecular formula is C8H15NO3. The summed E-state index contributed by atoms with van der Waals surface area (Å²) in [7, 11) is 1.65. The van der Waals surface area contributed by atoms with Gasteiger partial charge in [-0.05, 0) is 6.42 Å². The van der Waals surface area contributed by atoms with E-state index in [2.05, 4.69) is 0 Å². The number of cyclic esters (lactones) is 1. The Hall–Kier alpha value is -0.770. The molecular weight excluding hydrogens is 158 g/mol. The van der Waals surface area contributed by atoms with E-state index in [1.807, 2.05) is 6.92 Å². The highest BCUT2D eigenvalue weighted by molar-refractivity contribution is 5.70. The van der Waals surface area contributed by atoms with Crippen LogP contribution in [0.1, 0.15) is 19.8 Å². The van der Waals surface area contributed by atoms with E-state index in [1.54, 1.807) is 7.05 Å². The highest BCUT2D eigenvalue weighted by Gasteiger charge is 2.37. The number of aliphatic hydroxyl groups is 1. The van der Waals surface area contributed by atoms with E-state index >= 15 is 0 Å². The van der Waals surface area contributed by atoms with E-state index in [1.165, 1.54) is 4.90 Å². The van der Waals surface area contributed by atoms with E-state index in [9.17, 15) is 4.79 Å². The predicted octanol–water partition coefficient (Wildman–Crippen LogP) is 0.598. The second-order valence-corrected chi connectivity index (χ2v) is 3.07. The van der Waals surface area contributed by atoms with Crippen molar-refractivity contribution in [2.75, 3.05) is 13.7 Å². The number of hydrogen-bond acceptors (Lipinski definition) is 3. The minimum Gasteiger partial charge on any atom is -0.444 e. The number of nitrogens with zero attached hydrogens (tertiary/aromatic N) is 1. The smallest absolute Gasteiger partial charge is 0.410 e. The number of hydrogen-bond donors (Lipinski definition) is 1. The summed E-state index contributed by atoms with van der Waals surface area (Å²) < 4.78 is 5.04. The van der Waals surface area contributed by atoms with E-state index < -0.39 is 0 Å². The van der Waals surface area contributed by atoms with Crippen LogP contribution in [0.15, 0.2) is 0 Å². The summed E-state index contributed by atoms with van der Waals surface area (Å²) in [5, 5.41) is 8.98. The van der Waals surface area contributed by atoms with Gasteiger partial charge in [0.05, 0.1) is 12.6 Å². The van der Waals surface area contributed by atoms with Crippen molar-refractivity contribution in [3.05, 3.63) is 0 Å². The number of carbonyl (C=O) groups is 1. The quantitative estimate of drug-likeness (QED) is 0.679. The highest BCUT2D eigenvalue weighted by atomic mass is 16.6. The average Bonchev–Trinajstić information content (AvgIpc) is 2.29. The van der Waals surface area contributed by atoms with Gasteiger partial charge in [-0.3, -0.25) is 0 Å². The van der Waals surface area contributed by atoms with E-state index in [4.69, 9.17) is 9.84 Å². The van der Waals surface area contributed by atoms with Gasteiger partial charge in [0.25, 0.3) is 0 Å². The van der Waals surface area contributed by atoms with Crippen LogP contribution in [0.2, 0.25) is 0 Å². The van der Waals surface area contributed by atoms with Crippen LogP contribution in [-0.2, 0) is 4.74 Å². The van der Waals surface area contributed by atoms with Crippen molar-refractivity contribution < 1.29 is 14.6 Å². The predicted molar refractivity (Wildman–Crippen MR) is 43.8 cm³/mol. The maximum absolute atomic E-state index is 11.0. The lowest BCUT2D eigenvalue weighted by Gasteiger charge is -2.17. The number of ether oxygens (including phenoxy) is 1. The molecule has 2 atom stereocenters. The first kappa shape index (κ1) is 9.32. The summed E-state index contributed by atoms with van der Waals surface area (Å²) in [6, 6.07) is -0.155. The van der Waals surface area contributed by atoms with Crippen molar-refractivity contribution in [1.29, 1.82) is 0 Å². The minimum atomic E-state index is -0.326. The zero-order valence-electron chi connectivity index (χ0n) is 7.49. The van der Waals surface area contributed by atoms with Gasteiger partial charge in [-0.1, -0.05) is 13.3 Å². The molecule has 1 heterocycles. The fourth-order valence-corrected chi connectivity index (χ4v) is 1.45. The van der Waals surface area contributed by atoms with Crippen molar-refractivity contribution in [2.45, 2.75) is 31.9 Å². The maximum atomic E-state index is 11.0. The Kier molecular flexibility index (Phi) is 2.92. The standard InChI is InChI=1S/C8H15NO3/c1-3-4-7-6(5-10)9(2)8(11)12-7/h6-7,10H,3-5H2,1-2H3. The van der Waals surface area contributed by atoms with Gasteiger partial charge >= 0.3 is 6.09 Å². The van der Waals surface area contributed by atoms with Crippen molar-refractivity contribution in [3.8, 4) is 0 Å². The third-order valence-electron chi connectivity index (χ3n) is 2.23. The highest BCUT2D eigenvalue weighted by Crippen LogP contribution is 2.20. The number of rotatable bonds is 3. The molecule has 1 rings (SSSR count). The van der Waals surface area contributed by atoms with E-state index in [-0.39, 0.29) is 24.8 Å². The van der Waals surface area contributed by atoms with Gasteiger partial charge in [-0.25, -0.2) is 4.79 Å². The van der Waals surface area contributed by atoms with Crippen LogP contribution in [0.4, 0.5) is 4.79 Å². The van der Waals surface area contributed by atoms with Gasteiger partial charge in [0.2, 0.25) is 0 Å². The van der Waals surface area contributed by atoms with Crippen LogP contribution >= 0.6 is 0 Å². The summed E-state index contributed by atoms with van der Waals surface area (Å²) in [5.74, 6) is 0. The molecule has 12 heavy (non-hydrogen) atoms. The second-order valence-electron chi connectivity index (χ2n) is 3.07. The third kappa shape index (κ3) is 1.53. The molecule has 1 saturated heterocycles. The first-order chi connectivity index (χ1) is 5.70. The topological polar surface area (TPSA) is 49.8 Å². The van der Waals surface area contributed by atoms with Crippen molar-refractivity contribution in [1.82, 2.24) is 4.90 Å². The molecule has 0 aromatic carbocycles. The largest absolute Gasteiger partial charge is 0.444 e. The van der Waals surface area contributed by atoms with Crippen LogP contribution < -0.4 is 0 Å². The maximum Gasteiger partial charge on any atom is 0.410 e. The fraction of sp³-hybridized carbons (Fsp3) is 0.875. The molecule has 1 fully saturated rings. The minimum absolute atomic E-state index is 0.0209. The molecule has 0 aliphatic carbocycles. The lowest BCUT2D eigenvalue weighted by molar-refractivity contribution is 0.111. The van der Waals surface area contributed by atoms with Gasteiger partial charge in [0, 0.05) is 7.05 Å². The summed E-state index contributed by atoms with van der Waals surface area (Å²) in [6.45, 7) is 2.01. The Labute approximate surface area is 72.1 Å². The molecule has 0 bridgehead atoms. The van der Waals surface area contributed by atoms with Crippen LogP contribution in [0.3, 0.4) is 0 Å². The Balaban J connectivity index is 2.58. The first-order valence-electron chi connectivity index (χ1n) is 4.25. The summed E-state index contributed by atoms with van der Waals surface area (Å²) in [5.41, 5.74) is 0. The third-order valence-corrected chi connectivity index (χ3v) is 2.23. The van der Waals surface area contributed by atoms with Gasteiger partial charge in [0.15, 0.2) is 0 Å². The molecule has 1 N–H and O–H groups in total. The van der Waals surface area contributed by atoms with Crippen molar-refractivity contribution in [3.63, 3.8) is 0 Å². The summed E-state index contributed by atoms with van der Waals surface area (Å²) >= 11 is 0. The Morgan fingerprint density at radius 1 is 1.67 bits per heavy atom. The van der Waals surface area contributed by atoms with Crippen molar-refractivity contribution >= 4 is 6.09 Å². The lowest BCUT2D eigenvalue weighted by Crippen LogP contribution is -2.36. The Morgan fingerprint density at radius 3 is 2.83 bits per heavy atom. The first-order valence-corrected chi connectivity index (χ1v) is 4.25.